The standard InChI is InChI=1S/C35H44/c1-25-32(30-13-9-26(10-14-30)28-17-21-34(2,3)22-18-28)7-6-8-33(25)31-15-11-27(12-16-31)29-19-23-35(4,5)24-20-29/h6-16,28-29H,17-24H2,1-5H3. The van der Waals surface area contributed by atoms with E-state index in [-0.39, 0.29) is 0 Å². The third-order valence-corrected chi connectivity index (χ3v) is 9.40. The molecular formula is C35H44. The summed E-state index contributed by atoms with van der Waals surface area (Å²) in [6.45, 7) is 12.0. The quantitative estimate of drug-likeness (QED) is 0.360. The molecule has 0 unspecified atom stereocenters. The van der Waals surface area contributed by atoms with Crippen molar-refractivity contribution in [2.24, 2.45) is 10.8 Å². The molecule has 3 aromatic rings. The third-order valence-electron chi connectivity index (χ3n) is 9.40. The van der Waals surface area contributed by atoms with Crippen molar-refractivity contribution in [3.05, 3.63) is 83.4 Å². The molecule has 2 aliphatic carbocycles. The predicted molar refractivity (Wildman–Crippen MR) is 152 cm³/mol. The lowest BCUT2D eigenvalue weighted by atomic mass is 9.71. The molecular weight excluding hydrogens is 420 g/mol. The molecule has 184 valence electrons. The summed E-state index contributed by atoms with van der Waals surface area (Å²) in [6.07, 6.45) is 10.7. The average Bonchev–Trinajstić information content (AvgIpc) is 2.85. The van der Waals surface area contributed by atoms with Crippen molar-refractivity contribution < 1.29 is 0 Å². The van der Waals surface area contributed by atoms with E-state index in [4.69, 9.17) is 0 Å². The molecule has 0 nitrogen and oxygen atoms in total. The zero-order valence-electron chi connectivity index (χ0n) is 22.7. The zero-order chi connectivity index (χ0) is 24.6. The van der Waals surface area contributed by atoms with Crippen LogP contribution in [0.25, 0.3) is 22.3 Å². The highest BCUT2D eigenvalue weighted by Crippen LogP contribution is 2.44. The molecule has 0 amide bonds. The van der Waals surface area contributed by atoms with E-state index in [1.807, 2.05) is 0 Å². The van der Waals surface area contributed by atoms with Gasteiger partial charge in [0.2, 0.25) is 0 Å². The van der Waals surface area contributed by atoms with Crippen LogP contribution >= 0.6 is 0 Å². The lowest BCUT2D eigenvalue weighted by Gasteiger charge is -2.34. The zero-order valence-corrected chi connectivity index (χ0v) is 22.7. The van der Waals surface area contributed by atoms with Crippen molar-refractivity contribution in [1.82, 2.24) is 0 Å². The minimum Gasteiger partial charge on any atom is -0.0610 e. The van der Waals surface area contributed by atoms with Gasteiger partial charge in [-0.15, -0.1) is 0 Å². The van der Waals surface area contributed by atoms with Crippen LogP contribution in [0.4, 0.5) is 0 Å². The van der Waals surface area contributed by atoms with Gasteiger partial charge in [0.15, 0.2) is 0 Å². The minimum absolute atomic E-state index is 0.527. The lowest BCUT2D eigenvalue weighted by Crippen LogP contribution is -2.20. The molecule has 2 saturated carbocycles. The van der Waals surface area contributed by atoms with Gasteiger partial charge in [0.25, 0.3) is 0 Å². The van der Waals surface area contributed by atoms with E-state index in [0.29, 0.717) is 10.8 Å². The molecule has 2 fully saturated rings. The minimum atomic E-state index is 0.527. The van der Waals surface area contributed by atoms with Crippen molar-refractivity contribution in [1.29, 1.82) is 0 Å². The Bertz CT molecular complexity index is 1030. The second-order valence-corrected chi connectivity index (χ2v) is 13.1. The first-order valence-corrected chi connectivity index (χ1v) is 14.0. The first-order valence-electron chi connectivity index (χ1n) is 14.0. The fraction of sp³-hybridized carbons (Fsp3) is 0.486. The Morgan fingerprint density at radius 2 is 0.857 bits per heavy atom. The first-order chi connectivity index (χ1) is 16.7. The summed E-state index contributed by atoms with van der Waals surface area (Å²) >= 11 is 0. The maximum absolute atomic E-state index is 2.42. The summed E-state index contributed by atoms with van der Waals surface area (Å²) in [5.41, 5.74) is 10.9. The van der Waals surface area contributed by atoms with Gasteiger partial charge in [-0.1, -0.05) is 94.4 Å². The summed E-state index contributed by atoms with van der Waals surface area (Å²) in [7, 11) is 0. The number of benzene rings is 3. The summed E-state index contributed by atoms with van der Waals surface area (Å²) < 4.78 is 0. The van der Waals surface area contributed by atoms with Crippen molar-refractivity contribution in [2.45, 2.75) is 97.8 Å². The van der Waals surface area contributed by atoms with Crippen LogP contribution < -0.4 is 0 Å². The van der Waals surface area contributed by atoms with Crippen LogP contribution in [-0.2, 0) is 0 Å². The van der Waals surface area contributed by atoms with E-state index in [9.17, 15) is 0 Å². The molecule has 0 radical (unpaired) electrons. The predicted octanol–water partition coefficient (Wildman–Crippen LogP) is 10.7. The van der Waals surface area contributed by atoms with Gasteiger partial charge in [-0.05, 0) is 120 Å². The Morgan fingerprint density at radius 1 is 0.514 bits per heavy atom. The Labute approximate surface area is 214 Å². The number of rotatable bonds is 4. The molecule has 35 heavy (non-hydrogen) atoms. The average molecular weight is 465 g/mol. The van der Waals surface area contributed by atoms with Gasteiger partial charge in [0, 0.05) is 0 Å². The van der Waals surface area contributed by atoms with Crippen molar-refractivity contribution >= 4 is 0 Å². The molecule has 3 aromatic carbocycles. The summed E-state index contributed by atoms with van der Waals surface area (Å²) in [5, 5.41) is 0. The Morgan fingerprint density at radius 3 is 1.20 bits per heavy atom. The summed E-state index contributed by atoms with van der Waals surface area (Å²) in [5.74, 6) is 1.47. The lowest BCUT2D eigenvalue weighted by molar-refractivity contribution is 0.224. The van der Waals surface area contributed by atoms with Gasteiger partial charge in [-0.2, -0.15) is 0 Å². The van der Waals surface area contributed by atoms with E-state index in [1.165, 1.54) is 90.3 Å². The second-order valence-electron chi connectivity index (χ2n) is 13.1. The SMILES string of the molecule is Cc1c(-c2ccc(C3CCC(C)(C)CC3)cc2)cccc1-c1ccc(C2CCC(C)(C)CC2)cc1. The molecule has 0 spiro atoms. The maximum atomic E-state index is 2.42. The van der Waals surface area contributed by atoms with Crippen LogP contribution in [0.5, 0.6) is 0 Å². The highest BCUT2D eigenvalue weighted by atomic mass is 14.3. The second kappa shape index (κ2) is 9.61. The highest BCUT2D eigenvalue weighted by Gasteiger charge is 2.28. The van der Waals surface area contributed by atoms with Crippen molar-refractivity contribution in [3.63, 3.8) is 0 Å². The fourth-order valence-electron chi connectivity index (χ4n) is 6.60. The first kappa shape index (κ1) is 24.4. The highest BCUT2D eigenvalue weighted by molar-refractivity contribution is 5.78. The van der Waals surface area contributed by atoms with Gasteiger partial charge in [-0.3, -0.25) is 0 Å². The molecule has 0 N–H and O–H groups in total. The van der Waals surface area contributed by atoms with E-state index in [1.54, 1.807) is 0 Å². The summed E-state index contributed by atoms with van der Waals surface area (Å²) in [6, 6.07) is 25.8. The van der Waals surface area contributed by atoms with Crippen LogP contribution in [0.3, 0.4) is 0 Å². The van der Waals surface area contributed by atoms with Crippen LogP contribution in [0, 0.1) is 17.8 Å². The van der Waals surface area contributed by atoms with Crippen LogP contribution in [0.2, 0.25) is 0 Å². The molecule has 2 aliphatic rings. The molecule has 0 heterocycles. The molecule has 0 atom stereocenters. The molecule has 0 saturated heterocycles. The Kier molecular flexibility index (Phi) is 6.69. The number of hydrogen-bond acceptors (Lipinski definition) is 0. The van der Waals surface area contributed by atoms with Gasteiger partial charge in [0.05, 0.1) is 0 Å². The van der Waals surface area contributed by atoms with Gasteiger partial charge >= 0.3 is 0 Å². The normalized spacial score (nSPS) is 20.6. The van der Waals surface area contributed by atoms with Crippen molar-refractivity contribution in [3.8, 4) is 22.3 Å². The smallest absolute Gasteiger partial charge is 0.0149 e. The van der Waals surface area contributed by atoms with Gasteiger partial charge in [0.1, 0.15) is 0 Å². The van der Waals surface area contributed by atoms with Gasteiger partial charge in [-0.25, -0.2) is 0 Å². The Balaban J connectivity index is 1.33. The van der Waals surface area contributed by atoms with Crippen LogP contribution in [0.1, 0.15) is 108 Å². The fourth-order valence-corrected chi connectivity index (χ4v) is 6.60. The van der Waals surface area contributed by atoms with Crippen molar-refractivity contribution in [2.75, 3.05) is 0 Å². The summed E-state index contributed by atoms with van der Waals surface area (Å²) in [4.78, 5) is 0. The molecule has 0 aliphatic heterocycles. The molecule has 0 heteroatoms. The van der Waals surface area contributed by atoms with E-state index >= 15 is 0 Å². The largest absolute Gasteiger partial charge is 0.0610 e. The van der Waals surface area contributed by atoms with E-state index < -0.39 is 0 Å². The molecule has 0 aromatic heterocycles. The molecule has 5 rings (SSSR count). The molecule has 0 bridgehead atoms. The Hall–Kier alpha value is -2.34. The maximum Gasteiger partial charge on any atom is -0.0149 e. The van der Waals surface area contributed by atoms with E-state index in [0.717, 1.165) is 11.8 Å². The van der Waals surface area contributed by atoms with Crippen LogP contribution in [-0.4, -0.2) is 0 Å². The monoisotopic (exact) mass is 464 g/mol. The topological polar surface area (TPSA) is 0 Å². The number of hydrogen-bond donors (Lipinski definition) is 0. The van der Waals surface area contributed by atoms with Gasteiger partial charge < -0.3 is 0 Å². The third kappa shape index (κ3) is 5.42. The van der Waals surface area contributed by atoms with E-state index in [2.05, 4.69) is 101 Å². The van der Waals surface area contributed by atoms with Crippen LogP contribution in [0.15, 0.2) is 66.7 Å².